The van der Waals surface area contributed by atoms with Crippen molar-refractivity contribution >= 4 is 23.3 Å². The maximum Gasteiger partial charge on any atom is 0.326 e. The van der Waals surface area contributed by atoms with Gasteiger partial charge in [-0.3, -0.25) is 4.90 Å². The Bertz CT molecular complexity index is 700. The molecule has 1 aliphatic rings. The smallest absolute Gasteiger partial charge is 0.326 e. The minimum absolute atomic E-state index is 0.202. The highest BCUT2D eigenvalue weighted by Crippen LogP contribution is 2.22. The van der Waals surface area contributed by atoms with Gasteiger partial charge in [-0.25, -0.2) is 14.8 Å². The molecule has 1 saturated heterocycles. The summed E-state index contributed by atoms with van der Waals surface area (Å²) in [5, 5.41) is 3.31. The number of amides is 2. The van der Waals surface area contributed by atoms with Gasteiger partial charge in [0.05, 0.1) is 18.1 Å². The van der Waals surface area contributed by atoms with E-state index < -0.39 is 0 Å². The van der Waals surface area contributed by atoms with E-state index in [2.05, 4.69) is 21.9 Å². The SMILES string of the molecule is C=C1CCN(c2cnc(Oc3ccc(Cl)cc3)nc2)C(=O)N1. The van der Waals surface area contributed by atoms with E-state index >= 15 is 0 Å². The molecule has 1 aromatic carbocycles. The van der Waals surface area contributed by atoms with Crippen molar-refractivity contribution in [1.82, 2.24) is 15.3 Å². The fourth-order valence-electron chi connectivity index (χ4n) is 1.99. The van der Waals surface area contributed by atoms with Gasteiger partial charge < -0.3 is 10.1 Å². The van der Waals surface area contributed by atoms with E-state index in [0.717, 1.165) is 0 Å². The van der Waals surface area contributed by atoms with Crippen molar-refractivity contribution in [2.24, 2.45) is 0 Å². The zero-order chi connectivity index (χ0) is 15.5. The summed E-state index contributed by atoms with van der Waals surface area (Å²) in [6.45, 7) is 4.29. The number of hydrogen-bond acceptors (Lipinski definition) is 4. The van der Waals surface area contributed by atoms with Gasteiger partial charge in [0, 0.05) is 23.7 Å². The Morgan fingerprint density at radius 1 is 1.23 bits per heavy atom. The lowest BCUT2D eigenvalue weighted by Crippen LogP contribution is -2.45. The molecule has 0 unspecified atom stereocenters. The number of aromatic nitrogens is 2. The van der Waals surface area contributed by atoms with Crippen LogP contribution in [0.2, 0.25) is 5.02 Å². The first-order valence-corrected chi connectivity index (χ1v) is 7.01. The number of hydrogen-bond donors (Lipinski definition) is 1. The van der Waals surface area contributed by atoms with Gasteiger partial charge in [0.15, 0.2) is 0 Å². The van der Waals surface area contributed by atoms with Crippen LogP contribution in [0.25, 0.3) is 0 Å². The zero-order valence-electron chi connectivity index (χ0n) is 11.6. The van der Waals surface area contributed by atoms with Gasteiger partial charge in [-0.1, -0.05) is 18.2 Å². The summed E-state index contributed by atoms with van der Waals surface area (Å²) < 4.78 is 5.51. The highest BCUT2D eigenvalue weighted by Gasteiger charge is 2.21. The number of ether oxygens (including phenoxy) is 1. The minimum atomic E-state index is -0.230. The Morgan fingerprint density at radius 3 is 2.55 bits per heavy atom. The Labute approximate surface area is 132 Å². The molecule has 0 aliphatic carbocycles. The minimum Gasteiger partial charge on any atom is -0.424 e. The average Bonchev–Trinajstić information content (AvgIpc) is 2.51. The number of anilines is 1. The molecule has 0 bridgehead atoms. The molecule has 1 N–H and O–H groups in total. The molecule has 2 amide bonds. The summed E-state index contributed by atoms with van der Waals surface area (Å²) >= 11 is 5.81. The van der Waals surface area contributed by atoms with Crippen LogP contribution in [0.5, 0.6) is 11.8 Å². The summed E-state index contributed by atoms with van der Waals surface area (Å²) in [5.41, 5.74) is 1.32. The average molecular weight is 317 g/mol. The molecule has 1 aliphatic heterocycles. The van der Waals surface area contributed by atoms with Gasteiger partial charge >= 0.3 is 12.0 Å². The van der Waals surface area contributed by atoms with Gasteiger partial charge in [-0.15, -0.1) is 0 Å². The van der Waals surface area contributed by atoms with Crippen LogP contribution in [0.3, 0.4) is 0 Å². The van der Waals surface area contributed by atoms with E-state index in [0.29, 0.717) is 35.1 Å². The maximum atomic E-state index is 11.9. The zero-order valence-corrected chi connectivity index (χ0v) is 12.4. The molecular weight excluding hydrogens is 304 g/mol. The number of rotatable bonds is 3. The molecule has 0 saturated carbocycles. The van der Waals surface area contributed by atoms with Gasteiger partial charge in [0.25, 0.3) is 0 Å². The third-order valence-corrected chi connectivity index (χ3v) is 3.37. The highest BCUT2D eigenvalue weighted by molar-refractivity contribution is 6.30. The predicted octanol–water partition coefficient (Wildman–Crippen LogP) is 3.36. The topological polar surface area (TPSA) is 67.3 Å². The molecular formula is C15H13ClN4O2. The van der Waals surface area contributed by atoms with Crippen molar-refractivity contribution in [1.29, 1.82) is 0 Å². The van der Waals surface area contributed by atoms with Crippen molar-refractivity contribution in [3.63, 3.8) is 0 Å². The molecule has 3 rings (SSSR count). The largest absolute Gasteiger partial charge is 0.424 e. The number of nitrogens with zero attached hydrogens (tertiary/aromatic N) is 3. The fraction of sp³-hybridized carbons (Fsp3) is 0.133. The van der Waals surface area contributed by atoms with Crippen LogP contribution < -0.4 is 15.0 Å². The summed E-state index contributed by atoms with van der Waals surface area (Å²) in [7, 11) is 0. The van der Waals surface area contributed by atoms with Crippen LogP contribution in [-0.4, -0.2) is 22.5 Å². The van der Waals surface area contributed by atoms with E-state index in [1.807, 2.05) is 0 Å². The number of carbonyl (C=O) groups is 1. The lowest BCUT2D eigenvalue weighted by atomic mass is 10.2. The second-order valence-corrected chi connectivity index (χ2v) is 5.15. The Balaban J connectivity index is 1.71. The molecule has 1 fully saturated rings. The van der Waals surface area contributed by atoms with Crippen molar-refractivity contribution in [3.05, 3.63) is 54.0 Å². The molecule has 22 heavy (non-hydrogen) atoms. The maximum absolute atomic E-state index is 11.9. The van der Waals surface area contributed by atoms with Crippen LogP contribution >= 0.6 is 11.6 Å². The van der Waals surface area contributed by atoms with Crippen LogP contribution in [-0.2, 0) is 0 Å². The van der Waals surface area contributed by atoms with Crippen molar-refractivity contribution < 1.29 is 9.53 Å². The first-order valence-electron chi connectivity index (χ1n) is 6.63. The fourth-order valence-corrected chi connectivity index (χ4v) is 2.11. The molecule has 0 radical (unpaired) electrons. The lowest BCUT2D eigenvalue weighted by Gasteiger charge is -2.28. The highest BCUT2D eigenvalue weighted by atomic mass is 35.5. The van der Waals surface area contributed by atoms with Crippen molar-refractivity contribution in [3.8, 4) is 11.8 Å². The van der Waals surface area contributed by atoms with Crippen LogP contribution in [0.4, 0.5) is 10.5 Å². The standard InChI is InChI=1S/C15H13ClN4O2/c1-10-6-7-20(15(21)19-10)12-8-17-14(18-9-12)22-13-4-2-11(16)3-5-13/h2-5,8-9H,1,6-7H2,(H,19,21). The van der Waals surface area contributed by atoms with E-state index in [1.54, 1.807) is 41.6 Å². The van der Waals surface area contributed by atoms with Gasteiger partial charge in [0.1, 0.15) is 5.75 Å². The third kappa shape index (κ3) is 3.17. The second-order valence-electron chi connectivity index (χ2n) is 4.72. The summed E-state index contributed by atoms with van der Waals surface area (Å²) in [6, 6.07) is 6.86. The second kappa shape index (κ2) is 6.03. The monoisotopic (exact) mass is 316 g/mol. The molecule has 1 aromatic heterocycles. The molecule has 6 nitrogen and oxygen atoms in total. The Morgan fingerprint density at radius 2 is 1.91 bits per heavy atom. The molecule has 2 aromatic rings. The van der Waals surface area contributed by atoms with Gasteiger partial charge in [-0.2, -0.15) is 0 Å². The third-order valence-electron chi connectivity index (χ3n) is 3.12. The van der Waals surface area contributed by atoms with Gasteiger partial charge in [0.2, 0.25) is 0 Å². The molecule has 7 heteroatoms. The van der Waals surface area contributed by atoms with Crippen molar-refractivity contribution in [2.75, 3.05) is 11.4 Å². The number of halogens is 1. The number of benzene rings is 1. The molecule has 2 heterocycles. The van der Waals surface area contributed by atoms with Gasteiger partial charge in [-0.05, 0) is 24.3 Å². The summed E-state index contributed by atoms with van der Waals surface area (Å²) in [5.74, 6) is 0.587. The summed E-state index contributed by atoms with van der Waals surface area (Å²) in [4.78, 5) is 21.7. The molecule has 0 spiro atoms. The van der Waals surface area contributed by atoms with Crippen LogP contribution in [0, 0.1) is 0 Å². The predicted molar refractivity (Wildman–Crippen MR) is 83.2 cm³/mol. The Hall–Kier alpha value is -2.60. The molecule has 112 valence electrons. The first-order chi connectivity index (χ1) is 10.6. The lowest BCUT2D eigenvalue weighted by molar-refractivity contribution is 0.246. The number of carbonyl (C=O) groups excluding carboxylic acids is 1. The first kappa shape index (κ1) is 14.3. The van der Waals surface area contributed by atoms with E-state index in [9.17, 15) is 4.79 Å². The van der Waals surface area contributed by atoms with E-state index in [1.165, 1.54) is 0 Å². The normalized spacial score (nSPS) is 14.7. The number of nitrogens with one attached hydrogen (secondary N) is 1. The Kier molecular flexibility index (Phi) is 3.93. The van der Waals surface area contributed by atoms with E-state index in [4.69, 9.17) is 16.3 Å². The van der Waals surface area contributed by atoms with Crippen molar-refractivity contribution in [2.45, 2.75) is 6.42 Å². The van der Waals surface area contributed by atoms with Crippen LogP contribution in [0.15, 0.2) is 48.9 Å². The van der Waals surface area contributed by atoms with E-state index in [-0.39, 0.29) is 12.0 Å². The molecule has 0 atom stereocenters. The summed E-state index contributed by atoms with van der Waals surface area (Å²) in [6.07, 6.45) is 3.78. The quantitative estimate of drug-likeness (QED) is 0.943. The number of urea groups is 1. The van der Waals surface area contributed by atoms with Crippen LogP contribution in [0.1, 0.15) is 6.42 Å².